The molecule has 1 heterocycles. The van der Waals surface area contributed by atoms with Crippen LogP contribution >= 0.6 is 11.3 Å². The fourth-order valence-corrected chi connectivity index (χ4v) is 3.90. The zero-order chi connectivity index (χ0) is 19.6. The number of sulfone groups is 1. The number of aromatic nitrogens is 1. The molecule has 0 saturated heterocycles. The number of amides is 1. The maximum atomic E-state index is 12.6. The molecule has 0 radical (unpaired) electrons. The first-order chi connectivity index (χ1) is 12.8. The van der Waals surface area contributed by atoms with Crippen LogP contribution in [0.25, 0.3) is 11.3 Å². The normalized spacial score (nSPS) is 11.2. The predicted molar refractivity (Wildman–Crippen MR) is 106 cm³/mol. The molecule has 0 saturated carbocycles. The molecular formula is C19H18N2O4S2. The number of nitrogens with zero attached hydrogens (tertiary/aromatic N) is 1. The van der Waals surface area contributed by atoms with Crippen molar-refractivity contribution >= 4 is 32.2 Å². The summed E-state index contributed by atoms with van der Waals surface area (Å²) in [5.74, 6) is 0.288. The molecule has 1 amide bonds. The molecule has 0 unspecified atom stereocenters. The third kappa shape index (κ3) is 4.17. The standard InChI is InChI=1S/C19H18N2O4S2/c1-12-8-9-13(27(3,23)24)10-15(12)18(22)21-19-20-16(11-26-19)14-6-4-5-7-17(14)25-2/h4-11H,1-3H3,(H,20,21,22). The Hall–Kier alpha value is -2.71. The number of carbonyl (C=O) groups is 1. The number of methoxy groups -OCH3 is 1. The SMILES string of the molecule is COc1ccccc1-c1csc(NC(=O)c2cc(S(C)(=O)=O)ccc2C)n1. The highest BCUT2D eigenvalue weighted by Crippen LogP contribution is 2.32. The third-order valence-corrected chi connectivity index (χ3v) is 5.86. The summed E-state index contributed by atoms with van der Waals surface area (Å²) in [6.45, 7) is 1.75. The van der Waals surface area contributed by atoms with Crippen LogP contribution in [0.3, 0.4) is 0 Å². The van der Waals surface area contributed by atoms with E-state index in [1.54, 1.807) is 20.1 Å². The van der Waals surface area contributed by atoms with Gasteiger partial charge in [-0.1, -0.05) is 18.2 Å². The van der Waals surface area contributed by atoms with Crippen LogP contribution in [0.2, 0.25) is 0 Å². The van der Waals surface area contributed by atoms with Gasteiger partial charge < -0.3 is 4.74 Å². The van der Waals surface area contributed by atoms with E-state index in [1.165, 1.54) is 23.5 Å². The molecule has 6 nitrogen and oxygen atoms in total. The number of ether oxygens (including phenoxy) is 1. The maximum Gasteiger partial charge on any atom is 0.257 e. The minimum Gasteiger partial charge on any atom is -0.496 e. The van der Waals surface area contributed by atoms with Gasteiger partial charge >= 0.3 is 0 Å². The highest BCUT2D eigenvalue weighted by molar-refractivity contribution is 7.90. The van der Waals surface area contributed by atoms with Gasteiger partial charge in [0, 0.05) is 22.8 Å². The molecule has 3 aromatic rings. The Labute approximate surface area is 161 Å². The summed E-state index contributed by atoms with van der Waals surface area (Å²) in [5.41, 5.74) is 2.50. The topological polar surface area (TPSA) is 85.4 Å². The van der Waals surface area contributed by atoms with E-state index >= 15 is 0 Å². The summed E-state index contributed by atoms with van der Waals surface area (Å²) in [4.78, 5) is 17.2. The Balaban J connectivity index is 1.87. The van der Waals surface area contributed by atoms with Crippen LogP contribution in [0.1, 0.15) is 15.9 Å². The van der Waals surface area contributed by atoms with Gasteiger partial charge in [-0.15, -0.1) is 11.3 Å². The molecule has 2 aromatic carbocycles. The highest BCUT2D eigenvalue weighted by Gasteiger charge is 2.16. The molecule has 0 aliphatic carbocycles. The van der Waals surface area contributed by atoms with Gasteiger partial charge in [0.05, 0.1) is 17.7 Å². The van der Waals surface area contributed by atoms with Crippen LogP contribution in [0.5, 0.6) is 5.75 Å². The lowest BCUT2D eigenvalue weighted by atomic mass is 10.1. The molecule has 0 aliphatic rings. The predicted octanol–water partition coefficient (Wildman–Crippen LogP) is 3.78. The van der Waals surface area contributed by atoms with Crippen LogP contribution in [0.15, 0.2) is 52.7 Å². The number of carbonyl (C=O) groups excluding carboxylic acids is 1. The molecule has 140 valence electrons. The number of aryl methyl sites for hydroxylation is 1. The summed E-state index contributed by atoms with van der Waals surface area (Å²) in [5, 5.41) is 4.99. The minimum absolute atomic E-state index is 0.104. The third-order valence-electron chi connectivity index (χ3n) is 3.99. The molecule has 0 spiro atoms. The molecule has 0 aliphatic heterocycles. The summed E-state index contributed by atoms with van der Waals surface area (Å²) >= 11 is 1.29. The monoisotopic (exact) mass is 402 g/mol. The van der Waals surface area contributed by atoms with E-state index in [2.05, 4.69) is 10.3 Å². The number of benzene rings is 2. The summed E-state index contributed by atoms with van der Waals surface area (Å²) in [6, 6.07) is 12.0. The minimum atomic E-state index is -3.39. The smallest absolute Gasteiger partial charge is 0.257 e. The van der Waals surface area contributed by atoms with Gasteiger partial charge in [0.15, 0.2) is 15.0 Å². The quantitative estimate of drug-likeness (QED) is 0.702. The molecular weight excluding hydrogens is 384 g/mol. The average Bonchev–Trinajstić information content (AvgIpc) is 3.09. The Kier molecular flexibility index (Phi) is 5.29. The number of hydrogen-bond donors (Lipinski definition) is 1. The molecule has 3 rings (SSSR count). The van der Waals surface area contributed by atoms with E-state index in [-0.39, 0.29) is 4.90 Å². The second kappa shape index (κ2) is 7.50. The van der Waals surface area contributed by atoms with Crippen molar-refractivity contribution in [3.05, 3.63) is 59.0 Å². The summed E-state index contributed by atoms with van der Waals surface area (Å²) in [6.07, 6.45) is 1.11. The number of thiazole rings is 1. The number of nitrogens with one attached hydrogen (secondary N) is 1. The molecule has 8 heteroatoms. The molecule has 0 fully saturated rings. The van der Waals surface area contributed by atoms with Crippen molar-refractivity contribution in [3.8, 4) is 17.0 Å². The van der Waals surface area contributed by atoms with E-state index in [9.17, 15) is 13.2 Å². The second-order valence-electron chi connectivity index (χ2n) is 5.94. The number of para-hydroxylation sites is 1. The van der Waals surface area contributed by atoms with Gasteiger partial charge in [-0.25, -0.2) is 13.4 Å². The van der Waals surface area contributed by atoms with E-state index in [0.29, 0.717) is 27.7 Å². The molecule has 27 heavy (non-hydrogen) atoms. The van der Waals surface area contributed by atoms with E-state index < -0.39 is 15.7 Å². The number of rotatable bonds is 5. The second-order valence-corrected chi connectivity index (χ2v) is 8.82. The van der Waals surface area contributed by atoms with Gasteiger partial charge in [-0.3, -0.25) is 10.1 Å². The lowest BCUT2D eigenvalue weighted by Crippen LogP contribution is -2.14. The van der Waals surface area contributed by atoms with Gasteiger partial charge in [0.25, 0.3) is 5.91 Å². The first-order valence-corrected chi connectivity index (χ1v) is 10.8. The van der Waals surface area contributed by atoms with Crippen molar-refractivity contribution in [1.29, 1.82) is 0 Å². The Morgan fingerprint density at radius 1 is 1.19 bits per heavy atom. The largest absolute Gasteiger partial charge is 0.496 e. The first kappa shape index (κ1) is 19.1. The van der Waals surface area contributed by atoms with Crippen molar-refractivity contribution in [2.75, 3.05) is 18.7 Å². The van der Waals surface area contributed by atoms with Crippen LogP contribution in [-0.2, 0) is 9.84 Å². The summed E-state index contributed by atoms with van der Waals surface area (Å²) < 4.78 is 28.8. The number of anilines is 1. The van der Waals surface area contributed by atoms with E-state index in [1.807, 2.05) is 29.6 Å². The molecule has 1 aromatic heterocycles. The zero-order valence-electron chi connectivity index (χ0n) is 15.0. The van der Waals surface area contributed by atoms with Crippen molar-refractivity contribution < 1.29 is 17.9 Å². The summed E-state index contributed by atoms with van der Waals surface area (Å²) in [7, 11) is -1.81. The Bertz CT molecular complexity index is 1100. The van der Waals surface area contributed by atoms with Gasteiger partial charge in [-0.2, -0.15) is 0 Å². The Morgan fingerprint density at radius 2 is 1.93 bits per heavy atom. The Morgan fingerprint density at radius 3 is 2.63 bits per heavy atom. The highest BCUT2D eigenvalue weighted by atomic mass is 32.2. The molecule has 0 atom stereocenters. The lowest BCUT2D eigenvalue weighted by Gasteiger charge is -2.08. The van der Waals surface area contributed by atoms with Gasteiger partial charge in [0.1, 0.15) is 5.75 Å². The number of hydrogen-bond acceptors (Lipinski definition) is 6. The van der Waals surface area contributed by atoms with E-state index in [4.69, 9.17) is 4.74 Å². The van der Waals surface area contributed by atoms with E-state index in [0.717, 1.165) is 11.8 Å². The molecule has 0 bridgehead atoms. The van der Waals surface area contributed by atoms with Crippen LogP contribution in [-0.4, -0.2) is 32.7 Å². The molecule has 1 N–H and O–H groups in total. The zero-order valence-corrected chi connectivity index (χ0v) is 16.6. The maximum absolute atomic E-state index is 12.6. The van der Waals surface area contributed by atoms with Crippen molar-refractivity contribution in [3.63, 3.8) is 0 Å². The van der Waals surface area contributed by atoms with Crippen LogP contribution < -0.4 is 10.1 Å². The fraction of sp³-hybridized carbons (Fsp3) is 0.158. The average molecular weight is 402 g/mol. The van der Waals surface area contributed by atoms with Crippen molar-refractivity contribution in [2.24, 2.45) is 0 Å². The van der Waals surface area contributed by atoms with Gasteiger partial charge in [0.2, 0.25) is 0 Å². The lowest BCUT2D eigenvalue weighted by molar-refractivity contribution is 0.102. The van der Waals surface area contributed by atoms with Crippen LogP contribution in [0.4, 0.5) is 5.13 Å². The van der Waals surface area contributed by atoms with Crippen molar-refractivity contribution in [1.82, 2.24) is 4.98 Å². The van der Waals surface area contributed by atoms with Gasteiger partial charge in [-0.05, 0) is 36.8 Å². The van der Waals surface area contributed by atoms with Crippen LogP contribution in [0, 0.1) is 6.92 Å². The fourth-order valence-electron chi connectivity index (χ4n) is 2.55. The van der Waals surface area contributed by atoms with Crippen molar-refractivity contribution in [2.45, 2.75) is 11.8 Å². The first-order valence-electron chi connectivity index (χ1n) is 8.00.